The normalized spacial score (nSPS) is 10.3. The number of ketones is 1. The van der Waals surface area contributed by atoms with Crippen LogP contribution >= 0.6 is 27.5 Å². The van der Waals surface area contributed by atoms with Crippen molar-refractivity contribution in [3.8, 4) is 0 Å². The summed E-state index contributed by atoms with van der Waals surface area (Å²) in [7, 11) is 0. The van der Waals surface area contributed by atoms with Crippen molar-refractivity contribution in [1.29, 1.82) is 0 Å². The van der Waals surface area contributed by atoms with Gasteiger partial charge in [-0.25, -0.2) is 0 Å². The predicted molar refractivity (Wildman–Crippen MR) is 83.3 cm³/mol. The minimum atomic E-state index is -0.0482. The van der Waals surface area contributed by atoms with Crippen molar-refractivity contribution in [3.05, 3.63) is 51.5 Å². The van der Waals surface area contributed by atoms with Crippen LogP contribution in [0.4, 0.5) is 17.1 Å². The van der Waals surface area contributed by atoms with Crippen LogP contribution in [0, 0.1) is 0 Å². The number of nitrogen functional groups attached to an aromatic ring is 1. The Labute approximate surface area is 124 Å². The second kappa shape index (κ2) is 5.63. The first-order valence-corrected chi connectivity index (χ1v) is 6.77. The summed E-state index contributed by atoms with van der Waals surface area (Å²) in [5, 5.41) is 3.82. The zero-order valence-corrected chi connectivity index (χ0v) is 12.5. The monoisotopic (exact) mass is 338 g/mol. The van der Waals surface area contributed by atoms with E-state index in [-0.39, 0.29) is 5.78 Å². The average Bonchev–Trinajstić information content (AvgIpc) is 2.34. The number of hydrogen-bond donors (Lipinski definition) is 2. The third-order valence-corrected chi connectivity index (χ3v) is 4.06. The molecule has 0 aliphatic heterocycles. The maximum atomic E-state index is 11.3. The predicted octanol–water partition coefficient (Wildman–Crippen LogP) is 4.63. The standard InChI is InChI=1S/C14H12BrClN2O/c1-8(19)10-6-5-9(7-12(10)17)18-13-4-2-3-11(16)14(13)15/h2-7,18H,17H2,1H3. The number of nitrogens with two attached hydrogens (primary N) is 1. The molecule has 0 amide bonds. The van der Waals surface area contributed by atoms with Gasteiger partial charge in [0, 0.05) is 16.9 Å². The quantitative estimate of drug-likeness (QED) is 0.633. The molecule has 2 aromatic carbocycles. The van der Waals surface area contributed by atoms with E-state index in [9.17, 15) is 4.79 Å². The van der Waals surface area contributed by atoms with Gasteiger partial charge in [0.25, 0.3) is 0 Å². The maximum Gasteiger partial charge on any atom is 0.161 e. The number of rotatable bonds is 3. The van der Waals surface area contributed by atoms with Crippen LogP contribution in [0.5, 0.6) is 0 Å². The Balaban J connectivity index is 2.32. The van der Waals surface area contributed by atoms with Crippen molar-refractivity contribution >= 4 is 50.4 Å². The zero-order chi connectivity index (χ0) is 14.0. The van der Waals surface area contributed by atoms with E-state index in [0.717, 1.165) is 15.8 Å². The van der Waals surface area contributed by atoms with E-state index in [2.05, 4.69) is 21.2 Å². The fraction of sp³-hybridized carbons (Fsp3) is 0.0714. The lowest BCUT2D eigenvalue weighted by Crippen LogP contribution is -2.01. The highest BCUT2D eigenvalue weighted by Gasteiger charge is 2.07. The van der Waals surface area contributed by atoms with Crippen molar-refractivity contribution in [3.63, 3.8) is 0 Å². The fourth-order valence-electron chi connectivity index (χ4n) is 1.72. The smallest absolute Gasteiger partial charge is 0.161 e. The van der Waals surface area contributed by atoms with Crippen LogP contribution in [-0.2, 0) is 0 Å². The van der Waals surface area contributed by atoms with Gasteiger partial charge in [0.2, 0.25) is 0 Å². The first-order chi connectivity index (χ1) is 8.99. The van der Waals surface area contributed by atoms with Crippen molar-refractivity contribution in [2.45, 2.75) is 6.92 Å². The summed E-state index contributed by atoms with van der Waals surface area (Å²) in [6.45, 7) is 1.49. The molecule has 0 atom stereocenters. The Kier molecular flexibility index (Phi) is 4.12. The lowest BCUT2D eigenvalue weighted by Gasteiger charge is -2.11. The van der Waals surface area contributed by atoms with Crippen molar-refractivity contribution < 1.29 is 4.79 Å². The molecule has 3 nitrogen and oxygen atoms in total. The largest absolute Gasteiger partial charge is 0.398 e. The Morgan fingerprint density at radius 1 is 1.32 bits per heavy atom. The van der Waals surface area contributed by atoms with E-state index < -0.39 is 0 Å². The number of halogens is 2. The van der Waals surface area contributed by atoms with Crippen molar-refractivity contribution in [2.75, 3.05) is 11.1 Å². The van der Waals surface area contributed by atoms with E-state index >= 15 is 0 Å². The maximum absolute atomic E-state index is 11.3. The molecule has 0 radical (unpaired) electrons. The SMILES string of the molecule is CC(=O)c1ccc(Nc2cccc(Cl)c2Br)cc1N. The molecule has 2 aromatic rings. The molecule has 0 aliphatic carbocycles. The average molecular weight is 340 g/mol. The van der Waals surface area contributed by atoms with Gasteiger partial charge in [-0.1, -0.05) is 17.7 Å². The number of nitrogens with one attached hydrogen (secondary N) is 1. The minimum Gasteiger partial charge on any atom is -0.398 e. The van der Waals surface area contributed by atoms with Crippen LogP contribution in [0.3, 0.4) is 0 Å². The van der Waals surface area contributed by atoms with Gasteiger partial charge < -0.3 is 11.1 Å². The highest BCUT2D eigenvalue weighted by atomic mass is 79.9. The summed E-state index contributed by atoms with van der Waals surface area (Å²) in [4.78, 5) is 11.3. The first kappa shape index (κ1) is 13.9. The molecule has 0 heterocycles. The molecule has 0 saturated carbocycles. The van der Waals surface area contributed by atoms with Gasteiger partial charge in [0.05, 0.1) is 15.2 Å². The van der Waals surface area contributed by atoms with Crippen LogP contribution in [0.1, 0.15) is 17.3 Å². The molecule has 0 saturated heterocycles. The van der Waals surface area contributed by atoms with E-state index in [4.69, 9.17) is 17.3 Å². The van der Waals surface area contributed by atoms with Gasteiger partial charge in [0.1, 0.15) is 0 Å². The van der Waals surface area contributed by atoms with Crippen molar-refractivity contribution in [2.24, 2.45) is 0 Å². The molecular formula is C14H12BrClN2O. The van der Waals surface area contributed by atoms with E-state index in [0.29, 0.717) is 16.3 Å². The molecule has 98 valence electrons. The molecular weight excluding hydrogens is 328 g/mol. The van der Waals surface area contributed by atoms with Gasteiger partial charge >= 0.3 is 0 Å². The molecule has 0 unspecified atom stereocenters. The molecule has 0 aliphatic rings. The van der Waals surface area contributed by atoms with Crippen LogP contribution in [-0.4, -0.2) is 5.78 Å². The second-order valence-corrected chi connectivity index (χ2v) is 5.28. The lowest BCUT2D eigenvalue weighted by atomic mass is 10.1. The minimum absolute atomic E-state index is 0.0482. The number of hydrogen-bond acceptors (Lipinski definition) is 3. The Bertz CT molecular complexity index is 643. The second-order valence-electron chi connectivity index (χ2n) is 4.08. The summed E-state index contributed by atoms with van der Waals surface area (Å²) in [6.07, 6.45) is 0. The summed E-state index contributed by atoms with van der Waals surface area (Å²) in [5.41, 5.74) is 8.46. The molecule has 2 rings (SSSR count). The topological polar surface area (TPSA) is 55.1 Å². The molecule has 0 fully saturated rings. The Morgan fingerprint density at radius 3 is 2.68 bits per heavy atom. The number of anilines is 3. The highest BCUT2D eigenvalue weighted by molar-refractivity contribution is 9.10. The van der Waals surface area contributed by atoms with Crippen LogP contribution < -0.4 is 11.1 Å². The van der Waals surface area contributed by atoms with Gasteiger partial charge in [-0.2, -0.15) is 0 Å². The van der Waals surface area contributed by atoms with Gasteiger partial charge in [0.15, 0.2) is 5.78 Å². The lowest BCUT2D eigenvalue weighted by molar-refractivity contribution is 0.101. The van der Waals surface area contributed by atoms with Crippen LogP contribution in [0.2, 0.25) is 5.02 Å². The first-order valence-electron chi connectivity index (χ1n) is 5.60. The number of carbonyl (C=O) groups is 1. The van der Waals surface area contributed by atoms with E-state index in [1.807, 2.05) is 12.1 Å². The van der Waals surface area contributed by atoms with Crippen LogP contribution in [0.15, 0.2) is 40.9 Å². The molecule has 5 heteroatoms. The number of carbonyl (C=O) groups excluding carboxylic acids is 1. The molecule has 0 aromatic heterocycles. The summed E-state index contributed by atoms with van der Waals surface area (Å²) < 4.78 is 0.783. The molecule has 3 N–H and O–H groups in total. The Morgan fingerprint density at radius 2 is 2.05 bits per heavy atom. The van der Waals surface area contributed by atoms with Gasteiger partial charge in [-0.3, -0.25) is 4.79 Å². The Hall–Kier alpha value is -1.52. The van der Waals surface area contributed by atoms with E-state index in [1.54, 1.807) is 24.3 Å². The summed E-state index contributed by atoms with van der Waals surface area (Å²) in [5.74, 6) is -0.0482. The third kappa shape index (κ3) is 3.08. The fourth-order valence-corrected chi connectivity index (χ4v) is 2.25. The van der Waals surface area contributed by atoms with Crippen molar-refractivity contribution in [1.82, 2.24) is 0 Å². The van der Waals surface area contributed by atoms with Gasteiger partial charge in [-0.05, 0) is 53.2 Å². The van der Waals surface area contributed by atoms with Crippen LogP contribution in [0.25, 0.3) is 0 Å². The number of Topliss-reactive ketones (excluding diaryl/α,β-unsaturated/α-hetero) is 1. The highest BCUT2D eigenvalue weighted by Crippen LogP contribution is 2.32. The molecule has 19 heavy (non-hydrogen) atoms. The summed E-state index contributed by atoms with van der Waals surface area (Å²) >= 11 is 9.44. The van der Waals surface area contributed by atoms with Gasteiger partial charge in [-0.15, -0.1) is 0 Å². The zero-order valence-electron chi connectivity index (χ0n) is 10.2. The third-order valence-electron chi connectivity index (χ3n) is 2.66. The molecule has 0 bridgehead atoms. The summed E-state index contributed by atoms with van der Waals surface area (Å²) in [6, 6.07) is 10.8. The number of benzene rings is 2. The van der Waals surface area contributed by atoms with E-state index in [1.165, 1.54) is 6.92 Å². The molecule has 0 spiro atoms.